The Morgan fingerprint density at radius 3 is 2.97 bits per heavy atom. The predicted molar refractivity (Wildman–Crippen MR) is 99.5 cm³/mol. The predicted octanol–water partition coefficient (Wildman–Crippen LogP) is -0.344. The molecule has 0 unspecified atom stereocenters. The zero-order valence-corrected chi connectivity index (χ0v) is 16.2. The molecule has 0 saturated carbocycles. The number of hydrogen-bond acceptors (Lipinski definition) is 10. The van der Waals surface area contributed by atoms with E-state index in [0.29, 0.717) is 30.2 Å². The fourth-order valence-electron chi connectivity index (χ4n) is 3.35. The molecular weight excluding hydrogens is 408 g/mol. The molecule has 13 heteroatoms. The van der Waals surface area contributed by atoms with Gasteiger partial charge in [-0.2, -0.15) is 9.97 Å². The Labute approximate surface area is 170 Å². The number of ether oxygens (including phenoxy) is 3. The van der Waals surface area contributed by atoms with Crippen LogP contribution in [0.1, 0.15) is 12.6 Å². The SMILES string of the molecule is CNC(=O)OC[C@H]1O[C@@H](n2cnc3c(N[C@@H]4CCOC4)nc(Cl)nc32)[C@H](O)[C@@H]1O. The van der Waals surface area contributed by atoms with Gasteiger partial charge in [-0.15, -0.1) is 0 Å². The van der Waals surface area contributed by atoms with Gasteiger partial charge >= 0.3 is 6.09 Å². The van der Waals surface area contributed by atoms with E-state index >= 15 is 0 Å². The van der Waals surface area contributed by atoms with Crippen LogP contribution >= 0.6 is 11.6 Å². The molecule has 5 atom stereocenters. The number of aromatic nitrogens is 4. The number of alkyl carbamates (subject to hydrolysis) is 1. The fourth-order valence-corrected chi connectivity index (χ4v) is 3.51. The minimum atomic E-state index is -1.29. The molecule has 2 aromatic heterocycles. The number of aliphatic hydroxyl groups is 2. The first-order chi connectivity index (χ1) is 14.0. The van der Waals surface area contributed by atoms with Crippen molar-refractivity contribution in [1.82, 2.24) is 24.8 Å². The van der Waals surface area contributed by atoms with E-state index in [1.54, 1.807) is 0 Å². The zero-order valence-electron chi connectivity index (χ0n) is 15.5. The number of amides is 1. The summed E-state index contributed by atoms with van der Waals surface area (Å²) in [4.78, 5) is 24.0. The van der Waals surface area contributed by atoms with Gasteiger partial charge in [0, 0.05) is 13.7 Å². The van der Waals surface area contributed by atoms with Gasteiger partial charge in [0.05, 0.1) is 19.0 Å². The van der Waals surface area contributed by atoms with Crippen LogP contribution in [0.2, 0.25) is 5.28 Å². The maximum Gasteiger partial charge on any atom is 0.406 e. The number of carbonyl (C=O) groups is 1. The minimum absolute atomic E-state index is 0.00630. The van der Waals surface area contributed by atoms with E-state index < -0.39 is 30.6 Å². The lowest BCUT2D eigenvalue weighted by molar-refractivity contribution is -0.0531. The molecule has 2 aliphatic heterocycles. The number of anilines is 1. The summed E-state index contributed by atoms with van der Waals surface area (Å²) < 4.78 is 17.5. The Morgan fingerprint density at radius 2 is 2.24 bits per heavy atom. The van der Waals surface area contributed by atoms with Crippen LogP contribution < -0.4 is 10.6 Å². The van der Waals surface area contributed by atoms with Gasteiger partial charge in [-0.05, 0) is 18.0 Å². The number of aliphatic hydroxyl groups excluding tert-OH is 2. The minimum Gasteiger partial charge on any atom is -0.447 e. The Morgan fingerprint density at radius 1 is 1.41 bits per heavy atom. The third-order valence-corrected chi connectivity index (χ3v) is 5.03. The van der Waals surface area contributed by atoms with Gasteiger partial charge in [0.1, 0.15) is 24.9 Å². The van der Waals surface area contributed by atoms with Crippen LogP contribution in [-0.4, -0.2) is 87.0 Å². The largest absolute Gasteiger partial charge is 0.447 e. The number of hydrogen-bond donors (Lipinski definition) is 4. The number of halogens is 1. The van der Waals surface area contributed by atoms with E-state index in [9.17, 15) is 15.0 Å². The maximum atomic E-state index is 11.3. The van der Waals surface area contributed by atoms with Gasteiger partial charge < -0.3 is 35.1 Å². The van der Waals surface area contributed by atoms with Gasteiger partial charge in [0.2, 0.25) is 5.28 Å². The first-order valence-corrected chi connectivity index (χ1v) is 9.46. The number of nitrogens with zero attached hydrogens (tertiary/aromatic N) is 4. The lowest BCUT2D eigenvalue weighted by Crippen LogP contribution is -2.35. The molecule has 0 bridgehead atoms. The highest BCUT2D eigenvalue weighted by molar-refractivity contribution is 6.28. The highest BCUT2D eigenvalue weighted by Crippen LogP contribution is 2.33. The Hall–Kier alpha value is -2.25. The van der Waals surface area contributed by atoms with Crippen LogP contribution in [0.5, 0.6) is 0 Å². The summed E-state index contributed by atoms with van der Waals surface area (Å²) in [5.74, 6) is 0.446. The molecule has 2 aliphatic rings. The topological polar surface area (TPSA) is 153 Å². The third-order valence-electron chi connectivity index (χ3n) is 4.86. The summed E-state index contributed by atoms with van der Waals surface area (Å²) in [5.41, 5.74) is 0.771. The number of fused-ring (bicyclic) bond motifs is 1. The van der Waals surface area contributed by atoms with Gasteiger partial charge in [0.25, 0.3) is 0 Å². The summed E-state index contributed by atoms with van der Waals surface area (Å²) in [6, 6.07) is 0.0794. The second-order valence-electron chi connectivity index (χ2n) is 6.76. The molecule has 4 N–H and O–H groups in total. The molecule has 2 saturated heterocycles. The van der Waals surface area contributed by atoms with Gasteiger partial charge in [0.15, 0.2) is 23.2 Å². The Bertz CT molecular complexity index is 890. The molecule has 0 aromatic carbocycles. The van der Waals surface area contributed by atoms with Crippen molar-refractivity contribution >= 4 is 34.7 Å². The van der Waals surface area contributed by atoms with E-state index in [1.807, 2.05) is 0 Å². The average molecular weight is 429 g/mol. The lowest BCUT2D eigenvalue weighted by Gasteiger charge is -2.17. The van der Waals surface area contributed by atoms with E-state index in [-0.39, 0.29) is 17.9 Å². The lowest BCUT2D eigenvalue weighted by atomic mass is 10.1. The number of rotatable bonds is 5. The van der Waals surface area contributed by atoms with Crippen LogP contribution in [0.3, 0.4) is 0 Å². The van der Waals surface area contributed by atoms with Crippen molar-refractivity contribution in [3.05, 3.63) is 11.6 Å². The molecule has 2 aromatic rings. The van der Waals surface area contributed by atoms with Gasteiger partial charge in [-0.25, -0.2) is 9.78 Å². The van der Waals surface area contributed by atoms with E-state index in [1.165, 1.54) is 17.9 Å². The molecule has 29 heavy (non-hydrogen) atoms. The molecule has 1 amide bonds. The molecule has 4 rings (SSSR count). The fraction of sp³-hybridized carbons (Fsp3) is 0.625. The normalized spacial score (nSPS) is 29.3. The van der Waals surface area contributed by atoms with Gasteiger partial charge in [-0.3, -0.25) is 4.57 Å². The Balaban J connectivity index is 1.59. The number of carbonyl (C=O) groups excluding carboxylic acids is 1. The summed E-state index contributed by atoms with van der Waals surface area (Å²) in [6.07, 6.45) is -2.90. The van der Waals surface area contributed by atoms with Crippen molar-refractivity contribution in [2.45, 2.75) is 37.0 Å². The van der Waals surface area contributed by atoms with Gasteiger partial charge in [-0.1, -0.05) is 0 Å². The molecule has 0 aliphatic carbocycles. The maximum absolute atomic E-state index is 11.3. The second kappa shape index (κ2) is 8.24. The van der Waals surface area contributed by atoms with Crippen LogP contribution in [0, 0.1) is 0 Å². The van der Waals surface area contributed by atoms with Crippen LogP contribution in [0.15, 0.2) is 6.33 Å². The smallest absolute Gasteiger partial charge is 0.406 e. The molecule has 12 nitrogen and oxygen atoms in total. The highest BCUT2D eigenvalue weighted by atomic mass is 35.5. The summed E-state index contributed by atoms with van der Waals surface area (Å²) in [6.45, 7) is 0.978. The van der Waals surface area contributed by atoms with Crippen LogP contribution in [0.25, 0.3) is 11.2 Å². The molecule has 0 spiro atoms. The van der Waals surface area contributed by atoms with Crippen molar-refractivity contribution < 1.29 is 29.2 Å². The monoisotopic (exact) mass is 428 g/mol. The van der Waals surface area contributed by atoms with E-state index in [4.69, 9.17) is 25.8 Å². The van der Waals surface area contributed by atoms with Crippen molar-refractivity contribution in [2.24, 2.45) is 0 Å². The number of nitrogens with one attached hydrogen (secondary N) is 2. The van der Waals surface area contributed by atoms with E-state index in [0.717, 1.165) is 6.42 Å². The molecular formula is C16H21ClN6O6. The molecule has 2 fully saturated rings. The Kier molecular flexibility index (Phi) is 5.69. The molecule has 0 radical (unpaired) electrons. The highest BCUT2D eigenvalue weighted by Gasteiger charge is 2.45. The van der Waals surface area contributed by atoms with Crippen LogP contribution in [0.4, 0.5) is 10.6 Å². The zero-order chi connectivity index (χ0) is 20.5. The van der Waals surface area contributed by atoms with Crippen molar-refractivity contribution in [1.29, 1.82) is 0 Å². The first-order valence-electron chi connectivity index (χ1n) is 9.08. The molecule has 4 heterocycles. The first kappa shape index (κ1) is 20.0. The van der Waals surface area contributed by atoms with Crippen molar-refractivity contribution in [3.63, 3.8) is 0 Å². The van der Waals surface area contributed by atoms with Crippen molar-refractivity contribution in [2.75, 3.05) is 32.2 Å². The van der Waals surface area contributed by atoms with Crippen molar-refractivity contribution in [3.8, 4) is 0 Å². The summed E-state index contributed by atoms with van der Waals surface area (Å²) >= 11 is 6.09. The number of imidazole rings is 1. The van der Waals surface area contributed by atoms with E-state index in [2.05, 4.69) is 25.6 Å². The second-order valence-corrected chi connectivity index (χ2v) is 7.10. The summed E-state index contributed by atoms with van der Waals surface area (Å²) in [7, 11) is 1.41. The third kappa shape index (κ3) is 3.94. The molecule has 158 valence electrons. The average Bonchev–Trinajstić information content (AvgIpc) is 3.42. The van der Waals surface area contributed by atoms with Crippen LogP contribution in [-0.2, 0) is 14.2 Å². The summed E-state index contributed by atoms with van der Waals surface area (Å²) in [5, 5.41) is 26.3. The standard InChI is InChI=1S/C16H21ClN6O6/c1-18-16(26)28-5-8-10(24)11(25)14(29-8)23-6-19-9-12(20-7-2-3-27-4-7)21-15(17)22-13(9)23/h6-8,10-11,14,24-25H,2-5H2,1H3,(H,18,26)(H,20,21,22)/t7-,8-,10-,11-,14-/m1/s1. The quantitative estimate of drug-likeness (QED) is 0.465.